The van der Waals surface area contributed by atoms with E-state index in [0.29, 0.717) is 15.3 Å². The summed E-state index contributed by atoms with van der Waals surface area (Å²) < 4.78 is 14.4. The molecule has 6 heteroatoms. The molecule has 0 unspecified atom stereocenters. The smallest absolute Gasteiger partial charge is 0.267 e. The lowest BCUT2D eigenvalue weighted by molar-refractivity contribution is 0.103. The predicted octanol–water partition coefficient (Wildman–Crippen LogP) is 5.60. The number of benzene rings is 2. The van der Waals surface area contributed by atoms with Crippen LogP contribution in [0.4, 0.5) is 10.1 Å². The van der Waals surface area contributed by atoms with Gasteiger partial charge in [0.05, 0.1) is 15.7 Å². The van der Waals surface area contributed by atoms with Crippen LogP contribution in [0.15, 0.2) is 42.5 Å². The van der Waals surface area contributed by atoms with E-state index in [1.165, 1.54) is 23.5 Å². The highest BCUT2D eigenvalue weighted by Gasteiger charge is 2.19. The van der Waals surface area contributed by atoms with Gasteiger partial charge in [0.25, 0.3) is 5.91 Å². The second-order valence-corrected chi connectivity index (χ2v) is 6.13. The number of carbonyl (C=O) groups excluding carboxylic acids is 1. The molecule has 0 saturated carbocycles. The average Bonchev–Trinajstić information content (AvgIpc) is 2.80. The van der Waals surface area contributed by atoms with Crippen molar-refractivity contribution >= 4 is 56.2 Å². The first-order valence-electron chi connectivity index (χ1n) is 6.00. The summed E-state index contributed by atoms with van der Waals surface area (Å²) >= 11 is 13.6. The molecule has 1 aromatic heterocycles. The van der Waals surface area contributed by atoms with Crippen molar-refractivity contribution in [2.45, 2.75) is 0 Å². The minimum absolute atomic E-state index is 0.113. The largest absolute Gasteiger partial charge is 0.319 e. The molecular weight excluding hydrogens is 332 g/mol. The average molecular weight is 340 g/mol. The number of para-hydroxylation sites is 1. The van der Waals surface area contributed by atoms with E-state index < -0.39 is 11.7 Å². The molecule has 0 fully saturated rings. The Balaban J connectivity index is 2.01. The quantitative estimate of drug-likeness (QED) is 0.646. The fourth-order valence-corrected chi connectivity index (χ4v) is 3.81. The normalized spacial score (nSPS) is 10.8. The number of hydrogen-bond donors (Lipinski definition) is 1. The molecule has 1 N–H and O–H groups in total. The van der Waals surface area contributed by atoms with Gasteiger partial charge in [0.15, 0.2) is 0 Å². The number of thiophene rings is 1. The fraction of sp³-hybridized carbons (Fsp3) is 0. The van der Waals surface area contributed by atoms with Crippen LogP contribution in [-0.2, 0) is 0 Å². The maximum Gasteiger partial charge on any atom is 0.267 e. The molecule has 3 aromatic rings. The molecule has 0 saturated heterocycles. The Hall–Kier alpha value is -1.62. The van der Waals surface area contributed by atoms with Crippen molar-refractivity contribution in [3.63, 3.8) is 0 Å². The number of nitrogens with one attached hydrogen (secondary N) is 1. The van der Waals surface area contributed by atoms with Crippen LogP contribution in [0.1, 0.15) is 9.67 Å². The van der Waals surface area contributed by atoms with Crippen LogP contribution < -0.4 is 5.32 Å². The van der Waals surface area contributed by atoms with Crippen molar-refractivity contribution in [3.8, 4) is 0 Å². The lowest BCUT2D eigenvalue weighted by Crippen LogP contribution is -2.11. The molecule has 3 rings (SSSR count). The number of rotatable bonds is 2. The van der Waals surface area contributed by atoms with Crippen LogP contribution >= 0.6 is 34.5 Å². The maximum absolute atomic E-state index is 13.6. The summed E-state index contributed by atoms with van der Waals surface area (Å²) in [4.78, 5) is 12.6. The van der Waals surface area contributed by atoms with Crippen LogP contribution in [0.5, 0.6) is 0 Å². The highest BCUT2D eigenvalue weighted by molar-refractivity contribution is 7.21. The number of fused-ring (bicyclic) bond motifs is 1. The second kappa shape index (κ2) is 5.64. The van der Waals surface area contributed by atoms with Gasteiger partial charge in [0.1, 0.15) is 10.7 Å². The molecule has 1 amide bonds. The van der Waals surface area contributed by atoms with E-state index in [1.54, 1.807) is 24.3 Å². The van der Waals surface area contributed by atoms with Gasteiger partial charge in [0, 0.05) is 10.1 Å². The third-order valence-corrected chi connectivity index (χ3v) is 4.89. The Labute approximate surface area is 134 Å². The molecule has 0 aliphatic carbocycles. The lowest BCUT2D eigenvalue weighted by Gasteiger charge is -2.04. The molecule has 0 atom stereocenters. The van der Waals surface area contributed by atoms with Crippen molar-refractivity contribution in [1.29, 1.82) is 0 Å². The predicted molar refractivity (Wildman–Crippen MR) is 86.2 cm³/mol. The second-order valence-electron chi connectivity index (χ2n) is 4.29. The van der Waals surface area contributed by atoms with Crippen molar-refractivity contribution < 1.29 is 9.18 Å². The van der Waals surface area contributed by atoms with Gasteiger partial charge in [0.2, 0.25) is 0 Å². The van der Waals surface area contributed by atoms with E-state index in [1.807, 2.05) is 6.07 Å². The summed E-state index contributed by atoms with van der Waals surface area (Å²) in [5.41, 5.74) is 0.113. The molecule has 0 spiro atoms. The van der Waals surface area contributed by atoms with Gasteiger partial charge in [-0.05, 0) is 24.3 Å². The summed E-state index contributed by atoms with van der Waals surface area (Å²) in [5, 5.41) is 3.93. The zero-order chi connectivity index (χ0) is 15.0. The topological polar surface area (TPSA) is 29.1 Å². The van der Waals surface area contributed by atoms with Crippen LogP contribution in [0.25, 0.3) is 10.1 Å². The summed E-state index contributed by atoms with van der Waals surface area (Å²) in [6.45, 7) is 0. The van der Waals surface area contributed by atoms with Gasteiger partial charge >= 0.3 is 0 Å². The highest BCUT2D eigenvalue weighted by Crippen LogP contribution is 2.39. The first kappa shape index (κ1) is 14.3. The standard InChI is InChI=1S/C15H8Cl2FNOS/c16-8-4-3-7-11-12(8)13(17)14(21-11)15(20)19-10-6-2-1-5-9(10)18/h1-7H,(H,19,20). The Morgan fingerprint density at radius 1 is 1.10 bits per heavy atom. The van der Waals surface area contributed by atoms with E-state index in [4.69, 9.17) is 23.2 Å². The summed E-state index contributed by atoms with van der Waals surface area (Å²) in [5.74, 6) is -0.955. The molecule has 2 aromatic carbocycles. The van der Waals surface area contributed by atoms with E-state index in [2.05, 4.69) is 5.32 Å². The Bertz CT molecular complexity index is 847. The van der Waals surface area contributed by atoms with Crippen LogP contribution in [0, 0.1) is 5.82 Å². The van der Waals surface area contributed by atoms with Crippen LogP contribution in [-0.4, -0.2) is 5.91 Å². The van der Waals surface area contributed by atoms with Crippen molar-refractivity contribution in [1.82, 2.24) is 0 Å². The van der Waals surface area contributed by atoms with Gasteiger partial charge in [-0.2, -0.15) is 0 Å². The Kier molecular flexibility index (Phi) is 3.85. The maximum atomic E-state index is 13.6. The van der Waals surface area contributed by atoms with E-state index in [-0.39, 0.29) is 10.7 Å². The summed E-state index contributed by atoms with van der Waals surface area (Å²) in [7, 11) is 0. The molecule has 1 heterocycles. The molecule has 0 radical (unpaired) electrons. The molecular formula is C15H8Cl2FNOS. The highest BCUT2D eigenvalue weighted by atomic mass is 35.5. The lowest BCUT2D eigenvalue weighted by atomic mass is 10.2. The van der Waals surface area contributed by atoms with Gasteiger partial charge in [-0.25, -0.2) is 4.39 Å². The molecule has 0 aliphatic heterocycles. The molecule has 106 valence electrons. The number of halogens is 3. The van der Waals surface area contributed by atoms with Gasteiger partial charge in [-0.3, -0.25) is 4.79 Å². The summed E-state index contributed by atoms with van der Waals surface area (Å²) in [6.07, 6.45) is 0. The molecule has 0 bridgehead atoms. The number of hydrogen-bond acceptors (Lipinski definition) is 2. The Morgan fingerprint density at radius 2 is 1.86 bits per heavy atom. The molecule has 2 nitrogen and oxygen atoms in total. The SMILES string of the molecule is O=C(Nc1ccccc1F)c1sc2cccc(Cl)c2c1Cl. The number of carbonyl (C=O) groups is 1. The van der Waals surface area contributed by atoms with Gasteiger partial charge in [-0.15, -0.1) is 11.3 Å². The fourth-order valence-electron chi connectivity index (χ4n) is 1.96. The van der Waals surface area contributed by atoms with E-state index >= 15 is 0 Å². The first-order valence-corrected chi connectivity index (χ1v) is 7.57. The zero-order valence-corrected chi connectivity index (χ0v) is 12.8. The number of anilines is 1. The minimum atomic E-state index is -0.499. The van der Waals surface area contributed by atoms with Crippen LogP contribution in [0.2, 0.25) is 10.0 Å². The van der Waals surface area contributed by atoms with E-state index in [0.717, 1.165) is 4.70 Å². The number of amides is 1. The minimum Gasteiger partial charge on any atom is -0.319 e. The summed E-state index contributed by atoms with van der Waals surface area (Å²) in [6, 6.07) is 11.3. The Morgan fingerprint density at radius 3 is 2.57 bits per heavy atom. The molecule has 21 heavy (non-hydrogen) atoms. The van der Waals surface area contributed by atoms with Gasteiger partial charge < -0.3 is 5.32 Å². The third-order valence-electron chi connectivity index (χ3n) is 2.93. The third kappa shape index (κ3) is 2.62. The monoisotopic (exact) mass is 339 g/mol. The van der Waals surface area contributed by atoms with Crippen molar-refractivity contribution in [2.24, 2.45) is 0 Å². The molecule has 0 aliphatic rings. The van der Waals surface area contributed by atoms with Gasteiger partial charge in [-0.1, -0.05) is 41.4 Å². The first-order chi connectivity index (χ1) is 10.1. The zero-order valence-electron chi connectivity index (χ0n) is 10.5. The van der Waals surface area contributed by atoms with Crippen molar-refractivity contribution in [3.05, 3.63) is 63.2 Å². The van der Waals surface area contributed by atoms with Crippen LogP contribution in [0.3, 0.4) is 0 Å². The van der Waals surface area contributed by atoms with E-state index in [9.17, 15) is 9.18 Å². The van der Waals surface area contributed by atoms with Crippen molar-refractivity contribution in [2.75, 3.05) is 5.32 Å².